The highest BCUT2D eigenvalue weighted by Crippen LogP contribution is 2.33. The van der Waals surface area contributed by atoms with Crippen LogP contribution in [0, 0.1) is 0 Å². The molecule has 1 rings (SSSR count). The number of ether oxygens (including phenoxy) is 3. The zero-order valence-electron chi connectivity index (χ0n) is 17.1. The van der Waals surface area contributed by atoms with E-state index in [4.69, 9.17) is 25.8 Å². The lowest BCUT2D eigenvalue weighted by atomic mass is 10.1. The number of carbonyl (C=O) groups is 1. The Kier molecular flexibility index (Phi) is 10.5. The smallest absolute Gasteiger partial charge is 0.258 e. The molecule has 0 aliphatic heterocycles. The third kappa shape index (κ3) is 9.84. The number of hydrogen-bond donors (Lipinski definition) is 2. The van der Waals surface area contributed by atoms with Gasteiger partial charge in [-0.2, -0.15) is 0 Å². The molecule has 0 aromatic heterocycles. The van der Waals surface area contributed by atoms with Gasteiger partial charge in [-0.05, 0) is 59.2 Å². The largest absolute Gasteiger partial charge is 0.490 e. The summed E-state index contributed by atoms with van der Waals surface area (Å²) >= 11 is 6.39. The van der Waals surface area contributed by atoms with Gasteiger partial charge in [-0.15, -0.1) is 0 Å². The van der Waals surface area contributed by atoms with Gasteiger partial charge in [0.2, 0.25) is 0 Å². The highest BCUT2D eigenvalue weighted by molar-refractivity contribution is 6.31. The van der Waals surface area contributed by atoms with E-state index in [0.29, 0.717) is 29.7 Å². The molecule has 1 aromatic carbocycles. The molecule has 154 valence electrons. The second-order valence-electron chi connectivity index (χ2n) is 7.14. The predicted molar refractivity (Wildman–Crippen MR) is 109 cm³/mol. The Labute approximate surface area is 167 Å². The van der Waals surface area contributed by atoms with Crippen molar-refractivity contribution in [3.05, 3.63) is 22.7 Å². The number of benzene rings is 1. The summed E-state index contributed by atoms with van der Waals surface area (Å²) in [6.45, 7) is 13.0. The Bertz CT molecular complexity index is 588. The second kappa shape index (κ2) is 12.1. The molecule has 27 heavy (non-hydrogen) atoms. The Morgan fingerprint density at radius 3 is 2.44 bits per heavy atom. The Balaban J connectivity index is 2.68. The molecule has 0 aliphatic carbocycles. The van der Waals surface area contributed by atoms with Crippen LogP contribution in [0.25, 0.3) is 0 Å². The summed E-state index contributed by atoms with van der Waals surface area (Å²) in [5, 5.41) is 6.77. The van der Waals surface area contributed by atoms with E-state index in [1.807, 2.05) is 40.7 Å². The lowest BCUT2D eigenvalue weighted by Crippen LogP contribution is -2.43. The van der Waals surface area contributed by atoms with Crippen molar-refractivity contribution in [1.29, 1.82) is 0 Å². The molecule has 0 atom stereocenters. The van der Waals surface area contributed by atoms with Crippen LogP contribution >= 0.6 is 11.6 Å². The third-order valence-corrected chi connectivity index (χ3v) is 3.80. The number of halogens is 1. The van der Waals surface area contributed by atoms with Gasteiger partial charge < -0.3 is 24.8 Å². The molecule has 0 unspecified atom stereocenters. The van der Waals surface area contributed by atoms with Crippen LogP contribution < -0.4 is 20.1 Å². The lowest BCUT2D eigenvalue weighted by molar-refractivity contribution is -0.124. The molecule has 0 fully saturated rings. The first-order valence-electron chi connectivity index (χ1n) is 9.44. The maximum absolute atomic E-state index is 12.0. The van der Waals surface area contributed by atoms with Gasteiger partial charge in [0, 0.05) is 36.4 Å². The molecular formula is C20H33ClN2O4. The minimum atomic E-state index is -0.307. The summed E-state index contributed by atoms with van der Waals surface area (Å²) in [5.74, 6) is 0.851. The van der Waals surface area contributed by atoms with Crippen molar-refractivity contribution >= 4 is 17.5 Å². The van der Waals surface area contributed by atoms with Crippen molar-refractivity contribution in [2.75, 3.05) is 33.0 Å². The normalized spacial score (nSPS) is 11.3. The van der Waals surface area contributed by atoms with Gasteiger partial charge in [0.05, 0.1) is 6.61 Å². The molecule has 1 aromatic rings. The summed E-state index contributed by atoms with van der Waals surface area (Å²) in [6.07, 6.45) is 0.938. The molecule has 6 nitrogen and oxygen atoms in total. The molecule has 7 heteroatoms. The molecule has 0 bridgehead atoms. The Morgan fingerprint density at radius 2 is 1.81 bits per heavy atom. The van der Waals surface area contributed by atoms with Crippen LogP contribution in [0.1, 0.15) is 46.6 Å². The summed E-state index contributed by atoms with van der Waals surface area (Å²) in [7, 11) is 0. The van der Waals surface area contributed by atoms with Crippen LogP contribution in [0.3, 0.4) is 0 Å². The van der Waals surface area contributed by atoms with E-state index in [2.05, 4.69) is 10.6 Å². The molecule has 0 spiro atoms. The average Bonchev–Trinajstić information content (AvgIpc) is 2.57. The number of hydrogen-bond acceptors (Lipinski definition) is 5. The van der Waals surface area contributed by atoms with Gasteiger partial charge in [-0.25, -0.2) is 0 Å². The van der Waals surface area contributed by atoms with Crippen LogP contribution in [-0.4, -0.2) is 44.4 Å². The van der Waals surface area contributed by atoms with Gasteiger partial charge in [0.15, 0.2) is 18.1 Å². The Morgan fingerprint density at radius 1 is 1.11 bits per heavy atom. The molecule has 0 saturated carbocycles. The van der Waals surface area contributed by atoms with Crippen molar-refractivity contribution in [3.63, 3.8) is 0 Å². The Hall–Kier alpha value is -1.50. The second-order valence-corrected chi connectivity index (χ2v) is 7.54. The van der Waals surface area contributed by atoms with E-state index in [-0.39, 0.29) is 18.1 Å². The number of rotatable bonds is 12. The van der Waals surface area contributed by atoms with E-state index in [0.717, 1.165) is 31.7 Å². The van der Waals surface area contributed by atoms with Gasteiger partial charge >= 0.3 is 0 Å². The first kappa shape index (κ1) is 23.5. The molecule has 0 saturated heterocycles. The average molecular weight is 401 g/mol. The summed E-state index contributed by atoms with van der Waals surface area (Å²) in [6, 6.07) is 3.56. The van der Waals surface area contributed by atoms with Crippen molar-refractivity contribution in [3.8, 4) is 11.5 Å². The summed E-state index contributed by atoms with van der Waals surface area (Å²) in [4.78, 5) is 12.0. The quantitative estimate of drug-likeness (QED) is 0.525. The van der Waals surface area contributed by atoms with Crippen molar-refractivity contribution in [1.82, 2.24) is 10.6 Å². The topological polar surface area (TPSA) is 68.8 Å². The maximum Gasteiger partial charge on any atom is 0.258 e. The number of carbonyl (C=O) groups excluding carboxylic acids is 1. The highest BCUT2D eigenvalue weighted by atomic mass is 35.5. The fourth-order valence-electron chi connectivity index (χ4n) is 2.36. The molecule has 2 N–H and O–H groups in total. The van der Waals surface area contributed by atoms with Crippen LogP contribution in [0.5, 0.6) is 11.5 Å². The molecule has 1 amide bonds. The zero-order valence-corrected chi connectivity index (χ0v) is 17.9. The minimum Gasteiger partial charge on any atom is -0.490 e. The van der Waals surface area contributed by atoms with E-state index >= 15 is 0 Å². The van der Waals surface area contributed by atoms with Crippen LogP contribution in [0.4, 0.5) is 0 Å². The van der Waals surface area contributed by atoms with Gasteiger partial charge in [-0.1, -0.05) is 11.6 Å². The SMILES string of the molecule is CCOCCCNCc1cc(OCC)c(OCC(=O)NC(C)(C)C)cc1Cl. The lowest BCUT2D eigenvalue weighted by Gasteiger charge is -2.21. The summed E-state index contributed by atoms with van der Waals surface area (Å²) in [5.41, 5.74) is 0.612. The van der Waals surface area contributed by atoms with Gasteiger partial charge in [-0.3, -0.25) is 4.79 Å². The van der Waals surface area contributed by atoms with Crippen LogP contribution in [0.15, 0.2) is 12.1 Å². The van der Waals surface area contributed by atoms with Crippen molar-refractivity contribution < 1.29 is 19.0 Å². The monoisotopic (exact) mass is 400 g/mol. The van der Waals surface area contributed by atoms with Crippen molar-refractivity contribution in [2.45, 2.75) is 53.1 Å². The molecular weight excluding hydrogens is 368 g/mol. The number of amides is 1. The van der Waals surface area contributed by atoms with E-state index in [9.17, 15) is 4.79 Å². The fraction of sp³-hybridized carbons (Fsp3) is 0.650. The molecule has 0 aliphatic rings. The van der Waals surface area contributed by atoms with Crippen LogP contribution in [0.2, 0.25) is 5.02 Å². The third-order valence-electron chi connectivity index (χ3n) is 3.45. The number of nitrogens with one attached hydrogen (secondary N) is 2. The minimum absolute atomic E-state index is 0.0945. The van der Waals surface area contributed by atoms with Crippen LogP contribution in [-0.2, 0) is 16.1 Å². The standard InChI is InChI=1S/C20H33ClN2O4/c1-6-25-10-8-9-22-13-15-11-17(26-7-2)18(12-16(15)21)27-14-19(24)23-20(3,4)5/h11-12,22H,6-10,13-14H2,1-5H3,(H,23,24). The van der Waals surface area contributed by atoms with Crippen molar-refractivity contribution in [2.24, 2.45) is 0 Å². The summed E-state index contributed by atoms with van der Waals surface area (Å²) < 4.78 is 16.6. The van der Waals surface area contributed by atoms with E-state index < -0.39 is 0 Å². The van der Waals surface area contributed by atoms with E-state index in [1.54, 1.807) is 6.07 Å². The van der Waals surface area contributed by atoms with E-state index in [1.165, 1.54) is 0 Å². The first-order chi connectivity index (χ1) is 12.8. The fourth-order valence-corrected chi connectivity index (χ4v) is 2.58. The zero-order chi connectivity index (χ0) is 20.3. The van der Waals surface area contributed by atoms with Gasteiger partial charge in [0.1, 0.15) is 0 Å². The molecule has 0 radical (unpaired) electrons. The first-order valence-corrected chi connectivity index (χ1v) is 9.82. The molecule has 0 heterocycles. The maximum atomic E-state index is 12.0. The highest BCUT2D eigenvalue weighted by Gasteiger charge is 2.16. The van der Waals surface area contributed by atoms with Gasteiger partial charge in [0.25, 0.3) is 5.91 Å². The predicted octanol–water partition coefficient (Wildman–Crippen LogP) is 3.55.